The molecule has 1 atom stereocenters. The number of carbonyl (C=O) groups is 2. The second-order valence-corrected chi connectivity index (χ2v) is 14.8. The molecule has 0 aromatic carbocycles. The summed E-state index contributed by atoms with van der Waals surface area (Å²) in [6.45, 7) is 6.55. The van der Waals surface area contributed by atoms with E-state index in [0.29, 0.717) is 12.8 Å². The van der Waals surface area contributed by atoms with Gasteiger partial charge in [0.2, 0.25) is 0 Å². The van der Waals surface area contributed by atoms with Crippen LogP contribution in [0.1, 0.15) is 252 Å². The molecule has 0 radical (unpaired) electrons. The fraction of sp³-hybridized carbons (Fsp3) is 0.953. The molecule has 0 N–H and O–H groups in total. The Hall–Kier alpha value is -1.06. The van der Waals surface area contributed by atoms with Crippen LogP contribution in [0.2, 0.25) is 0 Å². The van der Waals surface area contributed by atoms with E-state index < -0.39 is 0 Å². The summed E-state index contributed by atoms with van der Waals surface area (Å²) in [6, 6.07) is 0. The third kappa shape index (κ3) is 39.3. The first kappa shape index (κ1) is 45.9. The van der Waals surface area contributed by atoms with Gasteiger partial charge in [0.1, 0.15) is 12.7 Å². The van der Waals surface area contributed by atoms with E-state index in [2.05, 4.69) is 13.8 Å². The fourth-order valence-corrected chi connectivity index (χ4v) is 6.59. The Morgan fingerprint density at radius 3 is 0.872 bits per heavy atom. The highest BCUT2D eigenvalue weighted by molar-refractivity contribution is 5.70. The number of unbranched alkanes of at least 4 members (excludes halogenated alkanes) is 32. The largest absolute Gasteiger partial charge is 0.462 e. The topological polar surface area (TPSA) is 52.6 Å². The van der Waals surface area contributed by atoms with Crippen LogP contribution < -0.4 is 0 Å². The number of ether oxygens (including phenoxy) is 2. The van der Waals surface area contributed by atoms with Crippen molar-refractivity contribution in [2.24, 2.45) is 0 Å². The standard InChI is InChI=1S/C43H84O4/c1-4-6-8-10-12-14-16-18-20-22-24-26-28-30-32-34-36-38-42(44)46-40-41(3)47-43(45)39-37-35-33-31-29-27-25-23-21-19-17-15-13-11-9-7-5-2/h41H,4-40H2,1-3H3. The van der Waals surface area contributed by atoms with Crippen molar-refractivity contribution in [1.82, 2.24) is 0 Å². The molecular weight excluding hydrogens is 580 g/mol. The van der Waals surface area contributed by atoms with E-state index in [-0.39, 0.29) is 24.6 Å². The summed E-state index contributed by atoms with van der Waals surface area (Å²) in [7, 11) is 0. The predicted molar refractivity (Wildman–Crippen MR) is 204 cm³/mol. The highest BCUT2D eigenvalue weighted by Gasteiger charge is 2.12. The Bertz CT molecular complexity index is 633. The van der Waals surface area contributed by atoms with Crippen LogP contribution >= 0.6 is 0 Å². The quantitative estimate of drug-likeness (QED) is 0.0485. The summed E-state index contributed by atoms with van der Waals surface area (Å²) in [5.74, 6) is -0.329. The molecule has 0 saturated carbocycles. The van der Waals surface area contributed by atoms with Crippen LogP contribution in [-0.4, -0.2) is 24.6 Å². The SMILES string of the molecule is CCCCCCCCCCCCCCCCCCCC(=O)OCC(C)OC(=O)CCCCCCCCCCCCCCCCCCC. The molecule has 0 aliphatic carbocycles. The molecule has 0 fully saturated rings. The molecule has 0 aromatic rings. The molecule has 280 valence electrons. The van der Waals surface area contributed by atoms with E-state index in [9.17, 15) is 9.59 Å². The van der Waals surface area contributed by atoms with E-state index in [4.69, 9.17) is 9.47 Å². The zero-order valence-corrected chi connectivity index (χ0v) is 32.4. The molecule has 0 amide bonds. The fourth-order valence-electron chi connectivity index (χ4n) is 6.59. The summed E-state index contributed by atoms with van der Waals surface area (Å²) in [5, 5.41) is 0. The maximum Gasteiger partial charge on any atom is 0.306 e. The number of carbonyl (C=O) groups excluding carboxylic acids is 2. The monoisotopic (exact) mass is 665 g/mol. The maximum atomic E-state index is 12.1. The van der Waals surface area contributed by atoms with Crippen LogP contribution in [0, 0.1) is 0 Å². The Balaban J connectivity index is 3.36. The lowest BCUT2D eigenvalue weighted by molar-refractivity contribution is -0.158. The second kappa shape index (κ2) is 39.4. The van der Waals surface area contributed by atoms with E-state index >= 15 is 0 Å². The van der Waals surface area contributed by atoms with Gasteiger partial charge in [-0.25, -0.2) is 0 Å². The summed E-state index contributed by atoms with van der Waals surface area (Å²) >= 11 is 0. The number of rotatable bonds is 39. The average molecular weight is 665 g/mol. The van der Waals surface area contributed by atoms with Gasteiger partial charge in [0, 0.05) is 12.8 Å². The minimum absolute atomic E-state index is 0.164. The molecule has 0 bridgehead atoms. The first-order valence-corrected chi connectivity index (χ1v) is 21.4. The van der Waals surface area contributed by atoms with E-state index in [1.165, 1.54) is 193 Å². The molecule has 4 heteroatoms. The number of esters is 2. The zero-order valence-electron chi connectivity index (χ0n) is 32.4. The normalized spacial score (nSPS) is 12.0. The van der Waals surface area contributed by atoms with Gasteiger partial charge in [-0.05, 0) is 19.8 Å². The highest BCUT2D eigenvalue weighted by atomic mass is 16.6. The second-order valence-electron chi connectivity index (χ2n) is 14.8. The molecule has 47 heavy (non-hydrogen) atoms. The van der Waals surface area contributed by atoms with Gasteiger partial charge in [0.05, 0.1) is 0 Å². The van der Waals surface area contributed by atoms with Gasteiger partial charge in [0.25, 0.3) is 0 Å². The first-order chi connectivity index (χ1) is 23.1. The van der Waals surface area contributed by atoms with Crippen molar-refractivity contribution < 1.29 is 19.1 Å². The Kier molecular flexibility index (Phi) is 38.5. The highest BCUT2D eigenvalue weighted by Crippen LogP contribution is 2.16. The Morgan fingerprint density at radius 1 is 0.362 bits per heavy atom. The van der Waals surface area contributed by atoms with E-state index in [1.54, 1.807) is 0 Å². The summed E-state index contributed by atoms with van der Waals surface area (Å²) < 4.78 is 10.8. The van der Waals surface area contributed by atoms with Crippen molar-refractivity contribution >= 4 is 11.9 Å². The van der Waals surface area contributed by atoms with E-state index in [0.717, 1.165) is 25.7 Å². The molecule has 0 aliphatic rings. The summed E-state index contributed by atoms with van der Waals surface area (Å²) in [5.41, 5.74) is 0. The number of hydrogen-bond acceptors (Lipinski definition) is 4. The van der Waals surface area contributed by atoms with Crippen LogP contribution in [0.5, 0.6) is 0 Å². The van der Waals surface area contributed by atoms with Gasteiger partial charge >= 0.3 is 11.9 Å². The van der Waals surface area contributed by atoms with Crippen LogP contribution in [0.25, 0.3) is 0 Å². The average Bonchev–Trinajstić information content (AvgIpc) is 3.06. The van der Waals surface area contributed by atoms with Gasteiger partial charge in [-0.3, -0.25) is 9.59 Å². The molecule has 0 spiro atoms. The lowest BCUT2D eigenvalue weighted by Crippen LogP contribution is -2.22. The van der Waals surface area contributed by atoms with Crippen molar-refractivity contribution in [3.63, 3.8) is 0 Å². The molecule has 0 aromatic heterocycles. The van der Waals surface area contributed by atoms with Gasteiger partial charge in [-0.2, -0.15) is 0 Å². The van der Waals surface area contributed by atoms with Crippen LogP contribution in [0.4, 0.5) is 0 Å². The molecule has 0 heterocycles. The van der Waals surface area contributed by atoms with Gasteiger partial charge in [0.15, 0.2) is 0 Å². The van der Waals surface area contributed by atoms with Gasteiger partial charge < -0.3 is 9.47 Å². The third-order valence-electron chi connectivity index (χ3n) is 9.78. The smallest absolute Gasteiger partial charge is 0.306 e. The molecule has 0 saturated heterocycles. The third-order valence-corrected chi connectivity index (χ3v) is 9.78. The molecular formula is C43H84O4. The maximum absolute atomic E-state index is 12.1. The lowest BCUT2D eigenvalue weighted by atomic mass is 10.0. The van der Waals surface area contributed by atoms with Crippen LogP contribution in [0.15, 0.2) is 0 Å². The van der Waals surface area contributed by atoms with Crippen molar-refractivity contribution in [2.75, 3.05) is 6.61 Å². The van der Waals surface area contributed by atoms with Crippen molar-refractivity contribution in [2.45, 2.75) is 258 Å². The van der Waals surface area contributed by atoms with Crippen molar-refractivity contribution in [3.8, 4) is 0 Å². The summed E-state index contributed by atoms with van der Waals surface area (Å²) in [4.78, 5) is 24.2. The predicted octanol–water partition coefficient (Wildman–Crippen LogP) is 14.5. The van der Waals surface area contributed by atoms with Crippen molar-refractivity contribution in [3.05, 3.63) is 0 Å². The van der Waals surface area contributed by atoms with E-state index in [1.807, 2.05) is 6.92 Å². The minimum atomic E-state index is -0.368. The lowest BCUT2D eigenvalue weighted by Gasteiger charge is -2.13. The Labute approximate surface area is 295 Å². The number of hydrogen-bond donors (Lipinski definition) is 0. The molecule has 4 nitrogen and oxygen atoms in total. The molecule has 0 rings (SSSR count). The molecule has 1 unspecified atom stereocenters. The van der Waals surface area contributed by atoms with Gasteiger partial charge in [-0.1, -0.05) is 219 Å². The summed E-state index contributed by atoms with van der Waals surface area (Å²) in [6.07, 6.45) is 45.9. The van der Waals surface area contributed by atoms with Crippen LogP contribution in [0.3, 0.4) is 0 Å². The van der Waals surface area contributed by atoms with Gasteiger partial charge in [-0.15, -0.1) is 0 Å². The Morgan fingerprint density at radius 2 is 0.596 bits per heavy atom. The van der Waals surface area contributed by atoms with Crippen molar-refractivity contribution in [1.29, 1.82) is 0 Å². The minimum Gasteiger partial charge on any atom is -0.462 e. The van der Waals surface area contributed by atoms with Crippen LogP contribution in [-0.2, 0) is 19.1 Å². The first-order valence-electron chi connectivity index (χ1n) is 21.4. The zero-order chi connectivity index (χ0) is 34.3. The molecule has 0 aliphatic heterocycles.